The van der Waals surface area contributed by atoms with Gasteiger partial charge in [-0.15, -0.1) is 0 Å². The van der Waals surface area contributed by atoms with E-state index in [1.165, 1.54) is 12.8 Å². The van der Waals surface area contributed by atoms with E-state index in [0.29, 0.717) is 5.56 Å². The van der Waals surface area contributed by atoms with Crippen molar-refractivity contribution in [3.05, 3.63) is 35.9 Å². The van der Waals surface area contributed by atoms with Gasteiger partial charge in [0.25, 0.3) is 0 Å². The Labute approximate surface area is 88.9 Å². The van der Waals surface area contributed by atoms with Crippen molar-refractivity contribution in [3.8, 4) is 0 Å². The van der Waals surface area contributed by atoms with E-state index in [9.17, 15) is 4.79 Å². The Kier molecular flexibility index (Phi) is 5.43. The Morgan fingerprint density at radius 3 is 2.20 bits per heavy atom. The second kappa shape index (κ2) is 6.98. The zero-order valence-corrected chi connectivity index (χ0v) is 8.52. The molecule has 0 radical (unpaired) electrons. The Balaban J connectivity index is 0.000000187. The second-order valence-electron chi connectivity index (χ2n) is 3.09. The van der Waals surface area contributed by atoms with Crippen LogP contribution in [0, 0.1) is 0 Å². The third-order valence-corrected chi connectivity index (χ3v) is 1.94. The summed E-state index contributed by atoms with van der Waals surface area (Å²) >= 11 is 0. The molecule has 1 fully saturated rings. The first-order chi connectivity index (χ1) is 7.34. The molecular formula is C11H15NO3. The fourth-order valence-electron chi connectivity index (χ4n) is 1.15. The summed E-state index contributed by atoms with van der Waals surface area (Å²) in [5.41, 5.74) is 0.463. The Morgan fingerprint density at radius 2 is 1.80 bits per heavy atom. The van der Waals surface area contributed by atoms with Crippen molar-refractivity contribution in [3.63, 3.8) is 0 Å². The summed E-state index contributed by atoms with van der Waals surface area (Å²) in [5, 5.41) is 0. The van der Waals surface area contributed by atoms with Crippen LogP contribution in [0.5, 0.6) is 0 Å². The normalized spacial score (nSPS) is 13.9. The van der Waals surface area contributed by atoms with Crippen LogP contribution < -0.4 is 5.90 Å². The predicted octanol–water partition coefficient (Wildman–Crippen LogP) is 1.51. The van der Waals surface area contributed by atoms with Gasteiger partial charge < -0.3 is 9.57 Å². The highest BCUT2D eigenvalue weighted by Crippen LogP contribution is 1.98. The van der Waals surface area contributed by atoms with Crippen LogP contribution >= 0.6 is 0 Å². The molecule has 1 aliphatic rings. The molecule has 0 atom stereocenters. The van der Waals surface area contributed by atoms with Gasteiger partial charge in [-0.25, -0.2) is 4.79 Å². The molecule has 0 saturated carbocycles. The maximum Gasteiger partial charge on any atom is 0.356 e. The minimum Gasteiger partial charge on any atom is -0.381 e. The van der Waals surface area contributed by atoms with Crippen LogP contribution in [0.1, 0.15) is 23.2 Å². The first kappa shape index (κ1) is 11.7. The van der Waals surface area contributed by atoms with Crippen molar-refractivity contribution in [2.24, 2.45) is 5.90 Å². The number of rotatable bonds is 1. The van der Waals surface area contributed by atoms with Crippen LogP contribution in [0.15, 0.2) is 30.3 Å². The SMILES string of the molecule is C1CCOC1.NOC(=O)c1ccccc1. The fourth-order valence-corrected chi connectivity index (χ4v) is 1.15. The highest BCUT2D eigenvalue weighted by Gasteiger charge is 2.01. The van der Waals surface area contributed by atoms with E-state index in [1.807, 2.05) is 6.07 Å². The molecule has 0 aliphatic carbocycles. The van der Waals surface area contributed by atoms with Crippen molar-refractivity contribution < 1.29 is 14.4 Å². The second-order valence-corrected chi connectivity index (χ2v) is 3.09. The number of carbonyl (C=O) groups is 1. The van der Waals surface area contributed by atoms with Gasteiger partial charge in [-0.2, -0.15) is 5.90 Å². The molecule has 0 amide bonds. The van der Waals surface area contributed by atoms with Gasteiger partial charge >= 0.3 is 5.97 Å². The molecule has 4 heteroatoms. The van der Waals surface area contributed by atoms with E-state index >= 15 is 0 Å². The zero-order chi connectivity index (χ0) is 10.9. The molecule has 1 saturated heterocycles. The van der Waals surface area contributed by atoms with Gasteiger partial charge in [-0.1, -0.05) is 18.2 Å². The predicted molar refractivity (Wildman–Crippen MR) is 56.1 cm³/mol. The quantitative estimate of drug-likeness (QED) is 0.712. The van der Waals surface area contributed by atoms with Crippen LogP contribution in [-0.2, 0) is 9.57 Å². The summed E-state index contributed by atoms with van der Waals surface area (Å²) in [4.78, 5) is 14.7. The van der Waals surface area contributed by atoms with Gasteiger partial charge in [0.1, 0.15) is 0 Å². The van der Waals surface area contributed by atoms with E-state index in [-0.39, 0.29) is 0 Å². The lowest BCUT2D eigenvalue weighted by Crippen LogP contribution is -2.09. The molecule has 0 aromatic heterocycles. The largest absolute Gasteiger partial charge is 0.381 e. The third-order valence-electron chi connectivity index (χ3n) is 1.94. The highest BCUT2D eigenvalue weighted by atomic mass is 16.7. The average Bonchev–Trinajstić information content (AvgIpc) is 2.88. The maximum absolute atomic E-state index is 10.7. The van der Waals surface area contributed by atoms with Gasteiger partial charge in [0, 0.05) is 13.2 Å². The first-order valence-electron chi connectivity index (χ1n) is 4.88. The van der Waals surface area contributed by atoms with E-state index in [2.05, 4.69) is 10.7 Å². The lowest BCUT2D eigenvalue weighted by atomic mass is 10.2. The topological polar surface area (TPSA) is 61.6 Å². The van der Waals surface area contributed by atoms with Crippen molar-refractivity contribution in [1.29, 1.82) is 0 Å². The standard InChI is InChI=1S/C7H7NO2.C4H8O/c8-10-7(9)6-4-2-1-3-5-6;1-2-4-5-3-1/h1-5H,8H2;1-4H2. The van der Waals surface area contributed by atoms with Crippen molar-refractivity contribution >= 4 is 5.97 Å². The monoisotopic (exact) mass is 209 g/mol. The van der Waals surface area contributed by atoms with Gasteiger partial charge in [0.2, 0.25) is 0 Å². The maximum atomic E-state index is 10.7. The lowest BCUT2D eigenvalue weighted by Gasteiger charge is -1.94. The summed E-state index contributed by atoms with van der Waals surface area (Å²) < 4.78 is 4.94. The van der Waals surface area contributed by atoms with Crippen LogP contribution in [-0.4, -0.2) is 19.2 Å². The summed E-state index contributed by atoms with van der Waals surface area (Å²) in [6, 6.07) is 8.57. The van der Waals surface area contributed by atoms with Crippen LogP contribution in [0.2, 0.25) is 0 Å². The van der Waals surface area contributed by atoms with Crippen molar-refractivity contribution in [1.82, 2.24) is 0 Å². The Morgan fingerprint density at radius 1 is 1.20 bits per heavy atom. The van der Waals surface area contributed by atoms with Gasteiger partial charge in [-0.3, -0.25) is 0 Å². The average molecular weight is 209 g/mol. The van der Waals surface area contributed by atoms with E-state index in [0.717, 1.165) is 13.2 Å². The van der Waals surface area contributed by atoms with Crippen LogP contribution in [0.25, 0.3) is 0 Å². The fraction of sp³-hybridized carbons (Fsp3) is 0.364. The lowest BCUT2D eigenvalue weighted by molar-refractivity contribution is 0.0503. The molecule has 1 aromatic carbocycles. The minimum absolute atomic E-state index is 0.463. The minimum atomic E-state index is -0.513. The number of ether oxygens (including phenoxy) is 1. The first-order valence-corrected chi connectivity index (χ1v) is 4.88. The molecule has 1 aromatic rings. The molecule has 0 unspecified atom stereocenters. The summed E-state index contributed by atoms with van der Waals surface area (Å²) in [5.74, 6) is 4.14. The van der Waals surface area contributed by atoms with E-state index in [4.69, 9.17) is 4.74 Å². The van der Waals surface area contributed by atoms with Gasteiger partial charge in [0.15, 0.2) is 0 Å². The Bertz CT molecular complexity index is 276. The van der Waals surface area contributed by atoms with Crippen LogP contribution in [0.4, 0.5) is 0 Å². The third kappa shape index (κ3) is 4.58. The highest BCUT2D eigenvalue weighted by molar-refractivity contribution is 5.88. The molecule has 4 nitrogen and oxygen atoms in total. The summed E-state index contributed by atoms with van der Waals surface area (Å²) in [7, 11) is 0. The summed E-state index contributed by atoms with van der Waals surface area (Å²) in [6.07, 6.45) is 2.56. The van der Waals surface area contributed by atoms with Gasteiger partial charge in [-0.05, 0) is 25.0 Å². The van der Waals surface area contributed by atoms with Crippen molar-refractivity contribution in [2.45, 2.75) is 12.8 Å². The van der Waals surface area contributed by atoms with E-state index in [1.54, 1.807) is 24.3 Å². The number of hydrogen-bond donors (Lipinski definition) is 1. The molecule has 1 aliphatic heterocycles. The zero-order valence-electron chi connectivity index (χ0n) is 8.52. The van der Waals surface area contributed by atoms with E-state index < -0.39 is 5.97 Å². The van der Waals surface area contributed by atoms with Crippen LogP contribution in [0.3, 0.4) is 0 Å². The number of benzene rings is 1. The summed E-state index contributed by atoms with van der Waals surface area (Å²) in [6.45, 7) is 2.00. The molecule has 0 spiro atoms. The molecule has 0 bridgehead atoms. The molecular weight excluding hydrogens is 194 g/mol. The van der Waals surface area contributed by atoms with Crippen molar-refractivity contribution in [2.75, 3.05) is 13.2 Å². The molecule has 82 valence electrons. The smallest absolute Gasteiger partial charge is 0.356 e. The Hall–Kier alpha value is -1.39. The molecule has 2 N–H and O–H groups in total. The number of hydrogen-bond acceptors (Lipinski definition) is 4. The van der Waals surface area contributed by atoms with Gasteiger partial charge in [0.05, 0.1) is 5.56 Å². The number of carbonyl (C=O) groups excluding carboxylic acids is 1. The molecule has 1 heterocycles. The number of nitrogens with two attached hydrogens (primary N) is 1. The molecule has 2 rings (SSSR count). The molecule has 15 heavy (non-hydrogen) atoms.